The second-order valence-electron chi connectivity index (χ2n) is 5.11. The molecule has 0 atom stereocenters. The Labute approximate surface area is 134 Å². The van der Waals surface area contributed by atoms with Crippen molar-refractivity contribution in [3.05, 3.63) is 48.6 Å². The van der Waals surface area contributed by atoms with Crippen LogP contribution in [-0.2, 0) is 16.6 Å². The third kappa shape index (κ3) is 3.26. The zero-order valence-corrected chi connectivity index (χ0v) is 13.5. The molecule has 120 valence electrons. The largest absolute Gasteiger partial charge is 0.423 e. The fourth-order valence-electron chi connectivity index (χ4n) is 2.25. The van der Waals surface area contributed by atoms with Crippen molar-refractivity contribution in [3.8, 4) is 11.5 Å². The molecule has 3 rings (SSSR count). The Morgan fingerprint density at radius 1 is 1.30 bits per heavy atom. The number of nitrogens with zero attached hydrogens (tertiary/aromatic N) is 3. The summed E-state index contributed by atoms with van der Waals surface area (Å²) in [4.78, 5) is 0.222. The van der Waals surface area contributed by atoms with Crippen LogP contribution >= 0.6 is 0 Å². The number of aryl methyl sites for hydroxylation is 2. The third-order valence-electron chi connectivity index (χ3n) is 3.34. The topological polar surface area (TPSA) is 90.0 Å². The van der Waals surface area contributed by atoms with Crippen molar-refractivity contribution in [1.29, 1.82) is 0 Å². The number of nitrogens with one attached hydrogen (secondary N) is 1. The number of rotatable bonds is 5. The third-order valence-corrected chi connectivity index (χ3v) is 4.70. The highest BCUT2D eigenvalue weighted by atomic mass is 32.2. The van der Waals surface area contributed by atoms with Crippen LogP contribution in [0.3, 0.4) is 0 Å². The molecule has 1 aromatic carbocycles. The van der Waals surface area contributed by atoms with Gasteiger partial charge in [0, 0.05) is 30.2 Å². The molecule has 7 nitrogen and oxygen atoms in total. The van der Waals surface area contributed by atoms with Gasteiger partial charge in [-0.15, -0.1) is 10.2 Å². The Balaban J connectivity index is 1.93. The molecule has 8 heteroatoms. The molecule has 0 fully saturated rings. The second kappa shape index (κ2) is 5.88. The molecule has 0 radical (unpaired) electrons. The molecular formula is C15H16N4O3S. The SMILES string of the molecule is CCn1ccc(S(=O)(=O)Nc2cc(C)cc(-c3nnco3)c2)c1. The molecule has 0 unspecified atom stereocenters. The quantitative estimate of drug-likeness (QED) is 0.776. The van der Waals surface area contributed by atoms with Gasteiger partial charge in [-0.1, -0.05) is 0 Å². The first-order valence-electron chi connectivity index (χ1n) is 7.05. The van der Waals surface area contributed by atoms with Gasteiger partial charge in [-0.05, 0) is 43.7 Å². The van der Waals surface area contributed by atoms with Gasteiger partial charge in [-0.2, -0.15) is 0 Å². The summed E-state index contributed by atoms with van der Waals surface area (Å²) >= 11 is 0. The van der Waals surface area contributed by atoms with Crippen molar-refractivity contribution < 1.29 is 12.8 Å². The van der Waals surface area contributed by atoms with E-state index in [0.29, 0.717) is 23.7 Å². The van der Waals surface area contributed by atoms with Gasteiger partial charge in [0.2, 0.25) is 12.3 Å². The van der Waals surface area contributed by atoms with Gasteiger partial charge in [0.05, 0.1) is 0 Å². The maximum Gasteiger partial charge on any atom is 0.263 e. The van der Waals surface area contributed by atoms with E-state index < -0.39 is 10.0 Å². The molecule has 3 aromatic rings. The minimum atomic E-state index is -3.64. The summed E-state index contributed by atoms with van der Waals surface area (Å²) in [6, 6.07) is 6.82. The number of hydrogen-bond acceptors (Lipinski definition) is 5. The molecule has 0 aliphatic heterocycles. The average Bonchev–Trinajstić information content (AvgIpc) is 3.18. The summed E-state index contributed by atoms with van der Waals surface area (Å²) in [5.41, 5.74) is 1.98. The Morgan fingerprint density at radius 3 is 2.78 bits per heavy atom. The summed E-state index contributed by atoms with van der Waals surface area (Å²) in [7, 11) is -3.64. The van der Waals surface area contributed by atoms with E-state index in [1.165, 1.54) is 6.39 Å². The predicted molar refractivity (Wildman–Crippen MR) is 85.4 cm³/mol. The van der Waals surface area contributed by atoms with E-state index in [-0.39, 0.29) is 4.90 Å². The summed E-state index contributed by atoms with van der Waals surface area (Å²) < 4.78 is 34.5. The minimum absolute atomic E-state index is 0.222. The molecule has 0 aliphatic rings. The number of aromatic nitrogens is 3. The number of sulfonamides is 1. The van der Waals surface area contributed by atoms with Crippen LogP contribution < -0.4 is 4.72 Å². The van der Waals surface area contributed by atoms with E-state index in [2.05, 4.69) is 14.9 Å². The van der Waals surface area contributed by atoms with E-state index in [1.807, 2.05) is 19.9 Å². The molecule has 2 heterocycles. The first-order valence-corrected chi connectivity index (χ1v) is 8.53. The highest BCUT2D eigenvalue weighted by Crippen LogP contribution is 2.25. The van der Waals surface area contributed by atoms with Crippen LogP contribution in [-0.4, -0.2) is 23.2 Å². The van der Waals surface area contributed by atoms with E-state index in [0.717, 1.165) is 5.56 Å². The minimum Gasteiger partial charge on any atom is -0.423 e. The van der Waals surface area contributed by atoms with Gasteiger partial charge in [0.25, 0.3) is 10.0 Å². The molecule has 0 amide bonds. The Bertz CT molecular complexity index is 914. The van der Waals surface area contributed by atoms with Gasteiger partial charge in [-0.3, -0.25) is 4.72 Å². The smallest absolute Gasteiger partial charge is 0.263 e. The maximum atomic E-state index is 12.5. The van der Waals surface area contributed by atoms with Gasteiger partial charge >= 0.3 is 0 Å². The lowest BCUT2D eigenvalue weighted by Crippen LogP contribution is -2.12. The fourth-order valence-corrected chi connectivity index (χ4v) is 3.31. The van der Waals surface area contributed by atoms with Crippen LogP contribution in [0, 0.1) is 6.92 Å². The van der Waals surface area contributed by atoms with Crippen LogP contribution in [0.15, 0.2) is 52.4 Å². The maximum absolute atomic E-state index is 12.5. The van der Waals surface area contributed by atoms with E-state index in [1.54, 1.807) is 35.2 Å². The molecule has 0 bridgehead atoms. The molecule has 0 saturated heterocycles. The van der Waals surface area contributed by atoms with Gasteiger partial charge in [0.15, 0.2) is 0 Å². The molecule has 1 N–H and O–H groups in total. The molecule has 0 spiro atoms. The highest BCUT2D eigenvalue weighted by molar-refractivity contribution is 7.92. The summed E-state index contributed by atoms with van der Waals surface area (Å²) in [6.07, 6.45) is 4.56. The zero-order valence-electron chi connectivity index (χ0n) is 12.7. The highest BCUT2D eigenvalue weighted by Gasteiger charge is 2.16. The van der Waals surface area contributed by atoms with Gasteiger partial charge < -0.3 is 8.98 Å². The van der Waals surface area contributed by atoms with Crippen molar-refractivity contribution in [2.45, 2.75) is 25.3 Å². The van der Waals surface area contributed by atoms with Crippen LogP contribution in [0.25, 0.3) is 11.5 Å². The monoisotopic (exact) mass is 332 g/mol. The van der Waals surface area contributed by atoms with Crippen LogP contribution in [0.5, 0.6) is 0 Å². The average molecular weight is 332 g/mol. The predicted octanol–water partition coefficient (Wildman–Crippen LogP) is 2.67. The first kappa shape index (κ1) is 15.3. The van der Waals surface area contributed by atoms with Crippen LogP contribution in [0.4, 0.5) is 5.69 Å². The Hall–Kier alpha value is -2.61. The van der Waals surface area contributed by atoms with E-state index in [9.17, 15) is 8.42 Å². The lowest BCUT2D eigenvalue weighted by molar-refractivity contribution is 0.568. The fraction of sp³-hybridized carbons (Fsp3) is 0.200. The van der Waals surface area contributed by atoms with Gasteiger partial charge in [0.1, 0.15) is 4.90 Å². The van der Waals surface area contributed by atoms with Crippen molar-refractivity contribution in [2.24, 2.45) is 0 Å². The molecular weight excluding hydrogens is 316 g/mol. The van der Waals surface area contributed by atoms with E-state index in [4.69, 9.17) is 4.42 Å². The van der Waals surface area contributed by atoms with Crippen molar-refractivity contribution in [3.63, 3.8) is 0 Å². The van der Waals surface area contributed by atoms with Crippen molar-refractivity contribution in [2.75, 3.05) is 4.72 Å². The summed E-state index contributed by atoms with van der Waals surface area (Å²) in [5.74, 6) is 0.339. The van der Waals surface area contributed by atoms with Crippen LogP contribution in [0.1, 0.15) is 12.5 Å². The van der Waals surface area contributed by atoms with Crippen molar-refractivity contribution in [1.82, 2.24) is 14.8 Å². The van der Waals surface area contributed by atoms with Crippen molar-refractivity contribution >= 4 is 15.7 Å². The van der Waals surface area contributed by atoms with Crippen LogP contribution in [0.2, 0.25) is 0 Å². The number of hydrogen-bond donors (Lipinski definition) is 1. The normalized spacial score (nSPS) is 11.6. The van der Waals surface area contributed by atoms with Gasteiger partial charge in [-0.25, -0.2) is 8.42 Å². The lowest BCUT2D eigenvalue weighted by Gasteiger charge is -2.09. The molecule has 0 saturated carbocycles. The Kier molecular flexibility index (Phi) is 3.91. The standard InChI is InChI=1S/C15H16N4O3S/c1-3-19-5-4-14(9-19)23(20,21)18-13-7-11(2)6-12(8-13)15-17-16-10-22-15/h4-10,18H,3H2,1-2H3. The summed E-state index contributed by atoms with van der Waals surface area (Å²) in [6.45, 7) is 4.52. The molecule has 2 aromatic heterocycles. The first-order chi connectivity index (χ1) is 11.0. The number of benzene rings is 1. The van der Waals surface area contributed by atoms with E-state index >= 15 is 0 Å². The molecule has 0 aliphatic carbocycles. The zero-order chi connectivity index (χ0) is 16.4. The summed E-state index contributed by atoms with van der Waals surface area (Å²) in [5, 5.41) is 7.47. The number of anilines is 1. The Morgan fingerprint density at radius 2 is 2.13 bits per heavy atom. The second-order valence-corrected chi connectivity index (χ2v) is 6.80. The molecule has 23 heavy (non-hydrogen) atoms. The lowest BCUT2D eigenvalue weighted by atomic mass is 10.1.